The fourth-order valence-electron chi connectivity index (χ4n) is 3.95. The van der Waals surface area contributed by atoms with Crippen LogP contribution in [-0.4, -0.2) is 44.3 Å². The molecule has 3 rings (SSSR count). The predicted molar refractivity (Wildman–Crippen MR) is 152 cm³/mol. The summed E-state index contributed by atoms with van der Waals surface area (Å²) in [5.41, 5.74) is 2.14. The third-order valence-electron chi connectivity index (χ3n) is 6.32. The van der Waals surface area contributed by atoms with Crippen LogP contribution in [0.3, 0.4) is 0 Å². The Hall–Kier alpha value is -3.36. The molecule has 0 saturated carbocycles. The number of anilines is 1. The maximum Gasteiger partial charge on any atom is 0.264 e. The Morgan fingerprint density at radius 3 is 2.21 bits per heavy atom. The van der Waals surface area contributed by atoms with Crippen molar-refractivity contribution >= 4 is 39.1 Å². The monoisotopic (exact) mass is 555 g/mol. The highest BCUT2D eigenvalue weighted by Gasteiger charge is 2.32. The van der Waals surface area contributed by atoms with Gasteiger partial charge in [0.05, 0.1) is 10.6 Å². The zero-order chi connectivity index (χ0) is 27.7. The number of unbranched alkanes of at least 4 members (excludes halogenated alkanes) is 1. The molecule has 38 heavy (non-hydrogen) atoms. The van der Waals surface area contributed by atoms with E-state index in [1.807, 2.05) is 38.1 Å². The molecule has 3 aromatic carbocycles. The van der Waals surface area contributed by atoms with E-state index in [0.29, 0.717) is 17.3 Å². The van der Waals surface area contributed by atoms with Crippen molar-refractivity contribution in [1.29, 1.82) is 0 Å². The first-order valence-electron chi connectivity index (χ1n) is 12.6. The Morgan fingerprint density at radius 1 is 0.947 bits per heavy atom. The highest BCUT2D eigenvalue weighted by molar-refractivity contribution is 7.92. The Labute approximate surface area is 230 Å². The van der Waals surface area contributed by atoms with Crippen LogP contribution in [0.5, 0.6) is 0 Å². The fraction of sp³-hybridized carbons (Fsp3) is 0.310. The molecule has 1 N–H and O–H groups in total. The van der Waals surface area contributed by atoms with Crippen LogP contribution in [0, 0.1) is 6.92 Å². The largest absolute Gasteiger partial charge is 0.354 e. The number of rotatable bonds is 12. The van der Waals surface area contributed by atoms with Crippen LogP contribution in [0.25, 0.3) is 0 Å². The molecule has 0 fully saturated rings. The topological polar surface area (TPSA) is 86.8 Å². The molecule has 3 aromatic rings. The van der Waals surface area contributed by atoms with Gasteiger partial charge in [-0.25, -0.2) is 8.42 Å². The van der Waals surface area contributed by atoms with Gasteiger partial charge in [0, 0.05) is 18.1 Å². The van der Waals surface area contributed by atoms with Gasteiger partial charge in [0.1, 0.15) is 12.6 Å². The van der Waals surface area contributed by atoms with Crippen molar-refractivity contribution in [2.24, 2.45) is 0 Å². The van der Waals surface area contributed by atoms with Gasteiger partial charge in [-0.05, 0) is 67.8 Å². The average Bonchev–Trinajstić information content (AvgIpc) is 2.92. The standard InChI is InChI=1S/C29H34ClN3O4S/c1-4-5-19-31-29(35)23(3)32(20-24-12-10-9-11-22(24)2)28(34)21-33(26-17-15-25(30)16-18-26)38(36,37)27-13-7-6-8-14-27/h6-18,23H,4-5,19-21H2,1-3H3,(H,31,35)/t23-/m1/s1. The molecule has 0 aromatic heterocycles. The van der Waals surface area contributed by atoms with E-state index in [4.69, 9.17) is 11.6 Å². The zero-order valence-corrected chi connectivity index (χ0v) is 23.5. The number of nitrogens with one attached hydrogen (secondary N) is 1. The molecule has 0 aliphatic heterocycles. The lowest BCUT2D eigenvalue weighted by molar-refractivity contribution is -0.139. The molecule has 0 saturated heterocycles. The minimum absolute atomic E-state index is 0.0542. The fourth-order valence-corrected chi connectivity index (χ4v) is 5.51. The van der Waals surface area contributed by atoms with Crippen molar-refractivity contribution in [1.82, 2.24) is 10.2 Å². The van der Waals surface area contributed by atoms with Gasteiger partial charge in [-0.15, -0.1) is 0 Å². The van der Waals surface area contributed by atoms with E-state index < -0.39 is 28.5 Å². The van der Waals surface area contributed by atoms with Crippen molar-refractivity contribution in [3.8, 4) is 0 Å². The molecule has 0 heterocycles. The Kier molecular flexibility index (Phi) is 10.3. The number of benzene rings is 3. The summed E-state index contributed by atoms with van der Waals surface area (Å²) < 4.78 is 28.5. The van der Waals surface area contributed by atoms with Crippen molar-refractivity contribution in [2.45, 2.75) is 51.1 Å². The van der Waals surface area contributed by atoms with Crippen LogP contribution in [0.15, 0.2) is 83.8 Å². The number of hydrogen-bond acceptors (Lipinski definition) is 4. The first kappa shape index (κ1) is 29.2. The molecule has 2 amide bonds. The summed E-state index contributed by atoms with van der Waals surface area (Å²) in [6.07, 6.45) is 1.75. The molecule has 7 nitrogen and oxygen atoms in total. The quantitative estimate of drug-likeness (QED) is 0.312. The molecule has 202 valence electrons. The SMILES string of the molecule is CCCCNC(=O)[C@@H](C)N(Cc1ccccc1C)C(=O)CN(c1ccc(Cl)cc1)S(=O)(=O)c1ccccc1. The number of halogens is 1. The van der Waals surface area contributed by atoms with Crippen LogP contribution in [0.2, 0.25) is 5.02 Å². The van der Waals surface area contributed by atoms with E-state index >= 15 is 0 Å². The second kappa shape index (κ2) is 13.4. The minimum Gasteiger partial charge on any atom is -0.354 e. The van der Waals surface area contributed by atoms with E-state index in [2.05, 4.69) is 5.32 Å². The summed E-state index contributed by atoms with van der Waals surface area (Å²) in [5.74, 6) is -0.787. The zero-order valence-electron chi connectivity index (χ0n) is 21.9. The molecule has 9 heteroatoms. The maximum atomic E-state index is 13.9. The molecular weight excluding hydrogens is 522 g/mol. The van der Waals surface area contributed by atoms with Crippen molar-refractivity contribution in [3.63, 3.8) is 0 Å². The third-order valence-corrected chi connectivity index (χ3v) is 8.36. The number of carbonyl (C=O) groups excluding carboxylic acids is 2. The van der Waals surface area contributed by atoms with E-state index in [9.17, 15) is 18.0 Å². The molecule has 0 aliphatic carbocycles. The van der Waals surface area contributed by atoms with Crippen LogP contribution in [0.4, 0.5) is 5.69 Å². The van der Waals surface area contributed by atoms with Gasteiger partial charge in [-0.1, -0.05) is 67.4 Å². The van der Waals surface area contributed by atoms with E-state index in [1.54, 1.807) is 49.4 Å². The smallest absolute Gasteiger partial charge is 0.264 e. The number of amides is 2. The van der Waals surface area contributed by atoms with Crippen LogP contribution in [0.1, 0.15) is 37.8 Å². The van der Waals surface area contributed by atoms with Crippen LogP contribution < -0.4 is 9.62 Å². The molecule has 0 bridgehead atoms. The molecule has 0 aliphatic rings. The molecule has 0 spiro atoms. The lowest BCUT2D eigenvalue weighted by Crippen LogP contribution is -2.51. The number of hydrogen-bond donors (Lipinski definition) is 1. The highest BCUT2D eigenvalue weighted by Crippen LogP contribution is 2.26. The summed E-state index contributed by atoms with van der Waals surface area (Å²) in [6.45, 7) is 5.80. The molecule has 1 atom stereocenters. The second-order valence-electron chi connectivity index (χ2n) is 9.07. The molecule has 0 unspecified atom stereocenters. The summed E-state index contributed by atoms with van der Waals surface area (Å²) in [4.78, 5) is 28.4. The van der Waals surface area contributed by atoms with Crippen molar-refractivity contribution in [2.75, 3.05) is 17.4 Å². The molecule has 0 radical (unpaired) electrons. The highest BCUT2D eigenvalue weighted by atomic mass is 35.5. The van der Waals surface area contributed by atoms with Crippen molar-refractivity contribution < 1.29 is 18.0 Å². The Bertz CT molecular complexity index is 1330. The average molecular weight is 556 g/mol. The third kappa shape index (κ3) is 7.36. The number of sulfonamides is 1. The lowest BCUT2D eigenvalue weighted by atomic mass is 10.1. The van der Waals surface area contributed by atoms with Crippen LogP contribution >= 0.6 is 11.6 Å². The molecular formula is C29H34ClN3O4S. The normalized spacial score (nSPS) is 12.0. The van der Waals surface area contributed by atoms with Gasteiger partial charge in [0.25, 0.3) is 10.0 Å². The minimum atomic E-state index is -4.10. The first-order chi connectivity index (χ1) is 18.1. The van der Waals surface area contributed by atoms with E-state index in [1.165, 1.54) is 17.0 Å². The second-order valence-corrected chi connectivity index (χ2v) is 11.4. The Balaban J connectivity index is 1.99. The predicted octanol–water partition coefficient (Wildman–Crippen LogP) is 5.18. The Morgan fingerprint density at radius 2 is 1.58 bits per heavy atom. The summed E-state index contributed by atoms with van der Waals surface area (Å²) in [7, 11) is -4.10. The lowest BCUT2D eigenvalue weighted by Gasteiger charge is -2.32. The summed E-state index contributed by atoms with van der Waals surface area (Å²) in [5, 5.41) is 3.33. The van der Waals surface area contributed by atoms with Gasteiger partial charge in [0.15, 0.2) is 0 Å². The van der Waals surface area contributed by atoms with Crippen LogP contribution in [-0.2, 0) is 26.2 Å². The summed E-state index contributed by atoms with van der Waals surface area (Å²) in [6, 6.07) is 21.0. The van der Waals surface area contributed by atoms with Gasteiger partial charge >= 0.3 is 0 Å². The number of carbonyl (C=O) groups is 2. The van der Waals surface area contributed by atoms with Crippen molar-refractivity contribution in [3.05, 3.63) is 95.0 Å². The first-order valence-corrected chi connectivity index (χ1v) is 14.4. The van der Waals surface area contributed by atoms with Gasteiger partial charge < -0.3 is 10.2 Å². The van der Waals surface area contributed by atoms with E-state index in [0.717, 1.165) is 28.3 Å². The van der Waals surface area contributed by atoms with E-state index in [-0.39, 0.29) is 17.3 Å². The van der Waals surface area contributed by atoms with Gasteiger partial charge in [-0.3, -0.25) is 13.9 Å². The van der Waals surface area contributed by atoms with Gasteiger partial charge in [0.2, 0.25) is 11.8 Å². The number of aryl methyl sites for hydroxylation is 1. The van der Waals surface area contributed by atoms with Gasteiger partial charge in [-0.2, -0.15) is 0 Å². The maximum absolute atomic E-state index is 13.9. The number of nitrogens with zero attached hydrogens (tertiary/aromatic N) is 2. The summed E-state index contributed by atoms with van der Waals surface area (Å²) >= 11 is 6.05.